The summed E-state index contributed by atoms with van der Waals surface area (Å²) in [5.41, 5.74) is 2.29. The molecule has 25 heavy (non-hydrogen) atoms. The SMILES string of the molecule is CC(C)c1ccc(N2CC(NS(=O)(=O)N(C)C)C2)c2cnc(Cl)cc12. The van der Waals surface area contributed by atoms with Gasteiger partial charge in [-0.3, -0.25) is 0 Å². The standard InChI is InChI=1S/C17H23ClN4O2S/c1-11(2)13-5-6-16(15-8-19-17(18)7-14(13)15)22-9-12(10-22)20-25(23,24)21(3)4/h5-8,11-12,20H,9-10H2,1-4H3. The van der Waals surface area contributed by atoms with Gasteiger partial charge in [-0.2, -0.15) is 17.4 Å². The summed E-state index contributed by atoms with van der Waals surface area (Å²) >= 11 is 6.09. The van der Waals surface area contributed by atoms with Crippen LogP contribution >= 0.6 is 11.6 Å². The molecule has 1 aliphatic rings. The number of benzene rings is 1. The van der Waals surface area contributed by atoms with Gasteiger partial charge in [-0.25, -0.2) is 4.98 Å². The van der Waals surface area contributed by atoms with Crippen LogP contribution in [0.4, 0.5) is 5.69 Å². The Morgan fingerprint density at radius 1 is 1.28 bits per heavy atom. The minimum absolute atomic E-state index is 0.0903. The molecule has 1 aromatic carbocycles. The number of nitrogens with one attached hydrogen (secondary N) is 1. The van der Waals surface area contributed by atoms with E-state index in [1.54, 1.807) is 6.20 Å². The molecule has 6 nitrogen and oxygen atoms in total. The maximum absolute atomic E-state index is 11.9. The molecular formula is C17H23ClN4O2S. The molecule has 1 aromatic heterocycles. The van der Waals surface area contributed by atoms with Crippen molar-refractivity contribution in [3.8, 4) is 0 Å². The number of anilines is 1. The van der Waals surface area contributed by atoms with Crippen LogP contribution in [0.5, 0.6) is 0 Å². The third kappa shape index (κ3) is 3.60. The van der Waals surface area contributed by atoms with Crippen LogP contribution in [-0.4, -0.2) is 50.9 Å². The second kappa shape index (κ2) is 6.72. The molecule has 1 fully saturated rings. The van der Waals surface area contributed by atoms with Crippen molar-refractivity contribution < 1.29 is 8.42 Å². The average molecular weight is 383 g/mol. The Bertz CT molecular complexity index is 893. The number of aromatic nitrogens is 1. The number of rotatable bonds is 5. The summed E-state index contributed by atoms with van der Waals surface area (Å²) in [5.74, 6) is 0.381. The van der Waals surface area contributed by atoms with Crippen LogP contribution in [0.25, 0.3) is 10.8 Å². The van der Waals surface area contributed by atoms with Crippen molar-refractivity contribution in [1.29, 1.82) is 0 Å². The lowest BCUT2D eigenvalue weighted by Crippen LogP contribution is -2.60. The van der Waals surface area contributed by atoms with Gasteiger partial charge in [0.2, 0.25) is 0 Å². The van der Waals surface area contributed by atoms with Gasteiger partial charge in [0.1, 0.15) is 5.15 Å². The Labute approximate surface area is 154 Å². The molecule has 0 aliphatic carbocycles. The summed E-state index contributed by atoms with van der Waals surface area (Å²) < 4.78 is 27.7. The van der Waals surface area contributed by atoms with Gasteiger partial charge in [-0.05, 0) is 29.0 Å². The molecule has 1 N–H and O–H groups in total. The third-order valence-corrected chi connectivity index (χ3v) is 6.32. The molecule has 136 valence electrons. The molecule has 2 heterocycles. The number of fused-ring (bicyclic) bond motifs is 1. The van der Waals surface area contributed by atoms with E-state index < -0.39 is 10.2 Å². The second-order valence-electron chi connectivity index (χ2n) is 6.89. The van der Waals surface area contributed by atoms with Gasteiger partial charge in [-0.15, -0.1) is 0 Å². The summed E-state index contributed by atoms with van der Waals surface area (Å²) in [4.78, 5) is 6.39. The first-order valence-corrected chi connectivity index (χ1v) is 10.0. The Morgan fingerprint density at radius 3 is 2.56 bits per heavy atom. The van der Waals surface area contributed by atoms with Gasteiger partial charge < -0.3 is 4.90 Å². The van der Waals surface area contributed by atoms with E-state index in [0.717, 1.165) is 16.5 Å². The first-order chi connectivity index (χ1) is 11.7. The normalized spacial score (nSPS) is 16.0. The van der Waals surface area contributed by atoms with Gasteiger partial charge in [0, 0.05) is 44.5 Å². The topological polar surface area (TPSA) is 65.5 Å². The van der Waals surface area contributed by atoms with E-state index in [9.17, 15) is 8.42 Å². The average Bonchev–Trinajstić information content (AvgIpc) is 2.49. The highest BCUT2D eigenvalue weighted by Crippen LogP contribution is 2.35. The Morgan fingerprint density at radius 2 is 1.96 bits per heavy atom. The van der Waals surface area contributed by atoms with E-state index in [4.69, 9.17) is 11.6 Å². The number of hydrogen-bond donors (Lipinski definition) is 1. The van der Waals surface area contributed by atoms with Gasteiger partial charge in [0.05, 0.1) is 6.04 Å². The van der Waals surface area contributed by atoms with Crippen LogP contribution in [0.15, 0.2) is 24.4 Å². The van der Waals surface area contributed by atoms with E-state index in [1.807, 2.05) is 6.07 Å². The summed E-state index contributed by atoms with van der Waals surface area (Å²) in [6.45, 7) is 5.56. The first kappa shape index (κ1) is 18.4. The highest BCUT2D eigenvalue weighted by molar-refractivity contribution is 7.87. The second-order valence-corrected chi connectivity index (χ2v) is 9.19. The fourth-order valence-electron chi connectivity index (χ4n) is 3.07. The van der Waals surface area contributed by atoms with Gasteiger partial charge >= 0.3 is 0 Å². The van der Waals surface area contributed by atoms with E-state index in [1.165, 1.54) is 24.0 Å². The zero-order chi connectivity index (χ0) is 18.4. The van der Waals surface area contributed by atoms with Crippen molar-refractivity contribution in [3.05, 3.63) is 35.1 Å². The zero-order valence-electron chi connectivity index (χ0n) is 14.8. The van der Waals surface area contributed by atoms with Crippen LogP contribution in [0.2, 0.25) is 5.15 Å². The van der Waals surface area contributed by atoms with Crippen molar-refractivity contribution in [2.24, 2.45) is 0 Å². The van der Waals surface area contributed by atoms with Crippen LogP contribution in [-0.2, 0) is 10.2 Å². The van der Waals surface area contributed by atoms with Crippen molar-refractivity contribution in [2.45, 2.75) is 25.8 Å². The lowest BCUT2D eigenvalue weighted by atomic mass is 9.95. The number of nitrogens with zero attached hydrogens (tertiary/aromatic N) is 3. The van der Waals surface area contributed by atoms with Gasteiger partial charge in [0.15, 0.2) is 0 Å². The monoisotopic (exact) mass is 382 g/mol. The minimum atomic E-state index is -3.40. The lowest BCUT2D eigenvalue weighted by Gasteiger charge is -2.42. The van der Waals surface area contributed by atoms with Gasteiger partial charge in [-0.1, -0.05) is 31.5 Å². The van der Waals surface area contributed by atoms with E-state index >= 15 is 0 Å². The summed E-state index contributed by atoms with van der Waals surface area (Å²) in [6, 6.07) is 6.02. The molecule has 1 aliphatic heterocycles. The number of pyridine rings is 1. The predicted molar refractivity (Wildman–Crippen MR) is 103 cm³/mol. The van der Waals surface area contributed by atoms with Crippen molar-refractivity contribution in [2.75, 3.05) is 32.1 Å². The van der Waals surface area contributed by atoms with Crippen LogP contribution in [0, 0.1) is 0 Å². The predicted octanol–water partition coefficient (Wildman–Crippen LogP) is 2.60. The molecule has 1 saturated heterocycles. The summed E-state index contributed by atoms with van der Waals surface area (Å²) in [7, 11) is -0.363. The summed E-state index contributed by atoms with van der Waals surface area (Å²) in [5, 5.41) is 2.63. The molecule has 0 bridgehead atoms. The maximum atomic E-state index is 11.9. The van der Waals surface area contributed by atoms with Crippen molar-refractivity contribution >= 4 is 38.3 Å². The van der Waals surface area contributed by atoms with Crippen LogP contribution in [0.3, 0.4) is 0 Å². The molecule has 3 rings (SSSR count). The third-order valence-electron chi connectivity index (χ3n) is 4.52. The fourth-order valence-corrected chi connectivity index (χ4v) is 4.01. The molecule has 8 heteroatoms. The van der Waals surface area contributed by atoms with Gasteiger partial charge in [0.25, 0.3) is 10.2 Å². The fraction of sp³-hybridized carbons (Fsp3) is 0.471. The maximum Gasteiger partial charge on any atom is 0.279 e. The lowest BCUT2D eigenvalue weighted by molar-refractivity contribution is 0.443. The molecule has 0 saturated carbocycles. The Balaban J connectivity index is 1.86. The molecular weight excluding hydrogens is 360 g/mol. The van der Waals surface area contributed by atoms with Crippen molar-refractivity contribution in [3.63, 3.8) is 0 Å². The number of hydrogen-bond acceptors (Lipinski definition) is 4. The molecule has 0 unspecified atom stereocenters. The molecule has 0 atom stereocenters. The van der Waals surface area contributed by atoms with E-state index in [-0.39, 0.29) is 6.04 Å². The smallest absolute Gasteiger partial charge is 0.279 e. The molecule has 0 spiro atoms. The largest absolute Gasteiger partial charge is 0.368 e. The quantitative estimate of drug-likeness (QED) is 0.807. The zero-order valence-corrected chi connectivity index (χ0v) is 16.4. The van der Waals surface area contributed by atoms with Crippen molar-refractivity contribution in [1.82, 2.24) is 14.0 Å². The first-order valence-electron chi connectivity index (χ1n) is 8.22. The summed E-state index contributed by atoms with van der Waals surface area (Å²) in [6.07, 6.45) is 1.80. The van der Waals surface area contributed by atoms with Crippen LogP contribution in [0.1, 0.15) is 25.3 Å². The number of halogens is 1. The molecule has 0 amide bonds. The Kier molecular flexibility index (Phi) is 4.94. The molecule has 0 radical (unpaired) electrons. The minimum Gasteiger partial charge on any atom is -0.368 e. The van der Waals surface area contributed by atoms with Crippen LogP contribution < -0.4 is 9.62 Å². The highest BCUT2D eigenvalue weighted by Gasteiger charge is 2.32. The molecule has 2 aromatic rings. The van der Waals surface area contributed by atoms with E-state index in [0.29, 0.717) is 24.2 Å². The highest BCUT2D eigenvalue weighted by atomic mass is 35.5. The Hall–Kier alpha value is -1.41. The van der Waals surface area contributed by atoms with E-state index in [2.05, 4.69) is 40.6 Å².